The Kier molecular flexibility index (Phi) is 8.26. The number of benzene rings is 8. The van der Waals surface area contributed by atoms with E-state index in [0.717, 1.165) is 66.7 Å². The van der Waals surface area contributed by atoms with Gasteiger partial charge in [-0.25, -0.2) is 19.9 Å². The second-order valence-corrected chi connectivity index (χ2v) is 15.3. The summed E-state index contributed by atoms with van der Waals surface area (Å²) in [7, 11) is 0. The van der Waals surface area contributed by atoms with Gasteiger partial charge in [0.05, 0.1) is 0 Å². The van der Waals surface area contributed by atoms with Crippen LogP contribution in [0.15, 0.2) is 199 Å². The number of aromatic nitrogens is 4. The lowest BCUT2D eigenvalue weighted by Gasteiger charge is -2.11. The van der Waals surface area contributed by atoms with Crippen molar-refractivity contribution in [2.75, 3.05) is 0 Å². The summed E-state index contributed by atoms with van der Waals surface area (Å²) < 4.78 is 8.89. The Hall–Kier alpha value is -7.54. The van der Waals surface area contributed by atoms with Crippen LogP contribution < -0.4 is 0 Å². The standard InChI is InChI=1S/C52H32N4OS/c1-3-13-33(14-4-1)49-54-50(56-51(55-49)41-27-28-47-44(32-41)43-23-7-8-26-46(43)58-47)40-22-11-20-38(31-40)36-18-9-17-35(29-36)37-19-10-21-39(30-37)42-24-12-25-45-48(42)57-52(53-45)34-15-5-2-6-16-34/h1-32H. The normalized spacial score (nSPS) is 11.4. The molecule has 3 aromatic heterocycles. The number of hydrogen-bond donors (Lipinski definition) is 0. The van der Waals surface area contributed by atoms with Gasteiger partial charge < -0.3 is 4.42 Å². The number of fused-ring (bicyclic) bond motifs is 4. The van der Waals surface area contributed by atoms with Crippen molar-refractivity contribution in [1.29, 1.82) is 0 Å². The van der Waals surface area contributed by atoms with Crippen LogP contribution in [-0.2, 0) is 0 Å². The smallest absolute Gasteiger partial charge is 0.227 e. The van der Waals surface area contributed by atoms with Crippen LogP contribution in [0, 0.1) is 0 Å². The second-order valence-electron chi connectivity index (χ2n) is 14.3. The van der Waals surface area contributed by atoms with Crippen LogP contribution in [0.4, 0.5) is 0 Å². The molecule has 3 heterocycles. The van der Waals surface area contributed by atoms with E-state index in [-0.39, 0.29) is 0 Å². The average Bonchev–Trinajstić information content (AvgIpc) is 3.92. The van der Waals surface area contributed by atoms with Crippen molar-refractivity contribution >= 4 is 42.6 Å². The van der Waals surface area contributed by atoms with Crippen molar-refractivity contribution in [3.05, 3.63) is 194 Å². The van der Waals surface area contributed by atoms with Gasteiger partial charge in [0.1, 0.15) is 5.52 Å². The molecule has 0 amide bonds. The molecule has 0 aliphatic carbocycles. The minimum Gasteiger partial charge on any atom is -0.435 e. The molecule has 11 rings (SSSR count). The highest BCUT2D eigenvalue weighted by Gasteiger charge is 2.16. The maximum atomic E-state index is 6.38. The van der Waals surface area contributed by atoms with Crippen LogP contribution in [0.2, 0.25) is 0 Å². The van der Waals surface area contributed by atoms with Gasteiger partial charge in [0, 0.05) is 48.0 Å². The lowest BCUT2D eigenvalue weighted by atomic mass is 9.95. The third kappa shape index (κ3) is 6.22. The molecule has 11 aromatic rings. The topological polar surface area (TPSA) is 64.7 Å². The quantitative estimate of drug-likeness (QED) is 0.162. The molecule has 0 spiro atoms. The Labute approximate surface area is 338 Å². The van der Waals surface area contributed by atoms with E-state index >= 15 is 0 Å². The Bertz CT molecular complexity index is 3300. The highest BCUT2D eigenvalue weighted by atomic mass is 32.1. The second kappa shape index (κ2) is 14.2. The molecule has 5 nitrogen and oxygen atoms in total. The first-order valence-corrected chi connectivity index (χ1v) is 20.0. The highest BCUT2D eigenvalue weighted by Crippen LogP contribution is 2.38. The molecule has 0 unspecified atom stereocenters. The van der Waals surface area contributed by atoms with E-state index in [1.807, 2.05) is 72.8 Å². The molecule has 8 aromatic carbocycles. The SMILES string of the molecule is c1ccc(-c2nc(-c3cccc(-c4cccc(-c5cccc(-c6cccc7nc(-c8ccccc8)oc67)c5)c4)c3)nc(-c3ccc4sc5ccccc5c4c3)n2)cc1. The highest BCUT2D eigenvalue weighted by molar-refractivity contribution is 7.25. The van der Waals surface area contributed by atoms with Crippen molar-refractivity contribution in [3.63, 3.8) is 0 Å². The van der Waals surface area contributed by atoms with Gasteiger partial charge in [0.25, 0.3) is 0 Å². The fourth-order valence-electron chi connectivity index (χ4n) is 7.68. The van der Waals surface area contributed by atoms with Gasteiger partial charge in [-0.15, -0.1) is 11.3 Å². The first-order chi connectivity index (χ1) is 28.7. The van der Waals surface area contributed by atoms with Crippen molar-refractivity contribution in [2.24, 2.45) is 0 Å². The number of nitrogens with zero attached hydrogens (tertiary/aromatic N) is 4. The van der Waals surface area contributed by atoms with Crippen LogP contribution in [0.1, 0.15) is 0 Å². The number of thiophene rings is 1. The molecule has 0 N–H and O–H groups in total. The Morgan fingerprint density at radius 1 is 0.328 bits per heavy atom. The van der Waals surface area contributed by atoms with E-state index in [9.17, 15) is 0 Å². The summed E-state index contributed by atoms with van der Waals surface area (Å²) in [4.78, 5) is 20.0. The molecule has 0 saturated heterocycles. The van der Waals surface area contributed by atoms with E-state index < -0.39 is 0 Å². The minimum absolute atomic E-state index is 0.618. The van der Waals surface area contributed by atoms with Crippen LogP contribution in [0.3, 0.4) is 0 Å². The number of para-hydroxylation sites is 1. The summed E-state index contributed by atoms with van der Waals surface area (Å²) >= 11 is 1.81. The Morgan fingerprint density at radius 3 is 1.53 bits per heavy atom. The summed E-state index contributed by atoms with van der Waals surface area (Å²) in [5.74, 6) is 2.53. The van der Waals surface area contributed by atoms with Gasteiger partial charge in [-0.05, 0) is 88.5 Å². The summed E-state index contributed by atoms with van der Waals surface area (Å²) in [5.41, 5.74) is 11.9. The first kappa shape index (κ1) is 33.8. The minimum atomic E-state index is 0.618. The lowest BCUT2D eigenvalue weighted by Crippen LogP contribution is -2.00. The zero-order chi connectivity index (χ0) is 38.4. The zero-order valence-electron chi connectivity index (χ0n) is 31.1. The van der Waals surface area contributed by atoms with Crippen LogP contribution >= 0.6 is 11.3 Å². The summed E-state index contributed by atoms with van der Waals surface area (Å²) in [6.07, 6.45) is 0. The van der Waals surface area contributed by atoms with Crippen LogP contribution in [-0.4, -0.2) is 19.9 Å². The van der Waals surface area contributed by atoms with Gasteiger partial charge in [-0.1, -0.05) is 133 Å². The number of hydrogen-bond acceptors (Lipinski definition) is 6. The molecule has 0 aliphatic heterocycles. The summed E-state index contributed by atoms with van der Waals surface area (Å²) in [6.45, 7) is 0. The van der Waals surface area contributed by atoms with Crippen LogP contribution in [0.25, 0.3) is 110 Å². The fourth-order valence-corrected chi connectivity index (χ4v) is 8.77. The molecule has 0 fully saturated rings. The van der Waals surface area contributed by atoms with Gasteiger partial charge in [-0.3, -0.25) is 0 Å². The molecule has 58 heavy (non-hydrogen) atoms. The monoisotopic (exact) mass is 760 g/mol. The summed E-state index contributed by atoms with van der Waals surface area (Å²) in [5, 5.41) is 2.45. The van der Waals surface area contributed by atoms with Gasteiger partial charge in [0.2, 0.25) is 5.89 Å². The summed E-state index contributed by atoms with van der Waals surface area (Å²) in [6, 6.07) is 67.1. The molecule has 0 radical (unpaired) electrons. The van der Waals surface area contributed by atoms with E-state index in [2.05, 4.69) is 121 Å². The maximum Gasteiger partial charge on any atom is 0.227 e. The maximum absolute atomic E-state index is 6.38. The van der Waals surface area contributed by atoms with Crippen molar-refractivity contribution in [2.45, 2.75) is 0 Å². The van der Waals surface area contributed by atoms with E-state index in [1.54, 1.807) is 11.3 Å². The molecule has 0 bridgehead atoms. The molecular formula is C52H32N4OS. The molecule has 0 saturated carbocycles. The van der Waals surface area contributed by atoms with Gasteiger partial charge >= 0.3 is 0 Å². The largest absolute Gasteiger partial charge is 0.435 e. The lowest BCUT2D eigenvalue weighted by molar-refractivity contribution is 0.621. The van der Waals surface area contributed by atoms with Crippen molar-refractivity contribution in [3.8, 4) is 79.0 Å². The predicted molar refractivity (Wildman–Crippen MR) is 238 cm³/mol. The fraction of sp³-hybridized carbons (Fsp3) is 0. The van der Waals surface area contributed by atoms with Gasteiger partial charge in [0.15, 0.2) is 23.1 Å². The third-order valence-corrected chi connectivity index (χ3v) is 11.7. The molecule has 0 aliphatic rings. The third-order valence-electron chi connectivity index (χ3n) is 10.6. The van der Waals surface area contributed by atoms with Crippen molar-refractivity contribution in [1.82, 2.24) is 19.9 Å². The van der Waals surface area contributed by atoms with E-state index in [0.29, 0.717) is 23.4 Å². The Balaban J connectivity index is 0.958. The van der Waals surface area contributed by atoms with Gasteiger partial charge in [-0.2, -0.15) is 0 Å². The number of oxazole rings is 1. The molecule has 272 valence electrons. The Morgan fingerprint density at radius 2 is 0.828 bits per heavy atom. The molecule has 0 atom stereocenters. The average molecular weight is 761 g/mol. The van der Waals surface area contributed by atoms with Crippen molar-refractivity contribution < 1.29 is 4.42 Å². The zero-order valence-corrected chi connectivity index (χ0v) is 31.9. The van der Waals surface area contributed by atoms with E-state index in [4.69, 9.17) is 24.4 Å². The molecule has 6 heteroatoms. The van der Waals surface area contributed by atoms with Crippen LogP contribution in [0.5, 0.6) is 0 Å². The first-order valence-electron chi connectivity index (χ1n) is 19.2. The van der Waals surface area contributed by atoms with E-state index in [1.165, 1.54) is 20.2 Å². The number of rotatable bonds is 7. The molecular weight excluding hydrogens is 729 g/mol. The predicted octanol–water partition coefficient (Wildman–Crippen LogP) is 14.0.